The summed E-state index contributed by atoms with van der Waals surface area (Å²) in [5, 5.41) is 11.5. The Kier molecular flexibility index (Phi) is 5.65. The topological polar surface area (TPSA) is 91.6 Å². The monoisotopic (exact) mass is 463 g/mol. The summed E-state index contributed by atoms with van der Waals surface area (Å²) >= 11 is 5.12. The Morgan fingerprint density at radius 1 is 1.09 bits per heavy atom. The molecule has 0 spiro atoms. The molecule has 2 heterocycles. The highest BCUT2D eigenvalue weighted by molar-refractivity contribution is 7.80. The highest BCUT2D eigenvalue weighted by Crippen LogP contribution is 2.27. The van der Waals surface area contributed by atoms with Gasteiger partial charge in [-0.15, -0.1) is 0 Å². The third-order valence-electron chi connectivity index (χ3n) is 5.32. The van der Waals surface area contributed by atoms with Crippen LogP contribution in [0.5, 0.6) is 0 Å². The predicted molar refractivity (Wildman–Crippen MR) is 125 cm³/mol. The molecule has 0 bridgehead atoms. The van der Waals surface area contributed by atoms with Crippen molar-refractivity contribution >= 4 is 46.9 Å². The lowest BCUT2D eigenvalue weighted by Gasteiger charge is -2.29. The fourth-order valence-corrected chi connectivity index (χ4v) is 4.05. The van der Waals surface area contributed by atoms with Gasteiger partial charge < -0.3 is 9.67 Å². The number of hydrogen-bond acceptors (Lipinski definition) is 4. The molecule has 2 aromatic carbocycles. The van der Waals surface area contributed by atoms with Crippen LogP contribution in [-0.2, 0) is 9.59 Å². The van der Waals surface area contributed by atoms with Crippen molar-refractivity contribution in [2.24, 2.45) is 0 Å². The Morgan fingerprint density at radius 3 is 2.52 bits per heavy atom. The number of aromatic nitrogens is 1. The smallest absolute Gasteiger partial charge is 0.335 e. The zero-order chi connectivity index (χ0) is 23.9. The SMILES string of the molecule is Cc1cc(/C=C2\C(=O)NC(=S)N(c3ccccc3F)C2=O)c(C)n1-c1cccc(C(=O)O)c1. The number of hydrogen-bond donors (Lipinski definition) is 2. The van der Waals surface area contributed by atoms with E-state index in [1.807, 2.05) is 11.5 Å². The number of aromatic carboxylic acids is 1. The van der Waals surface area contributed by atoms with E-state index in [2.05, 4.69) is 5.32 Å². The van der Waals surface area contributed by atoms with Gasteiger partial charge in [0.2, 0.25) is 0 Å². The van der Waals surface area contributed by atoms with Crippen LogP contribution in [0, 0.1) is 19.7 Å². The summed E-state index contributed by atoms with van der Waals surface area (Å²) in [7, 11) is 0. The lowest BCUT2D eigenvalue weighted by molar-refractivity contribution is -0.122. The molecule has 0 aliphatic carbocycles. The van der Waals surface area contributed by atoms with E-state index < -0.39 is 23.6 Å². The normalized spacial score (nSPS) is 15.2. The third-order valence-corrected chi connectivity index (χ3v) is 5.60. The van der Waals surface area contributed by atoms with Crippen molar-refractivity contribution in [2.45, 2.75) is 13.8 Å². The van der Waals surface area contributed by atoms with Gasteiger partial charge in [0.25, 0.3) is 11.8 Å². The number of carbonyl (C=O) groups is 3. The fraction of sp³-hybridized carbons (Fsp3) is 0.0833. The number of thiocarbonyl (C=S) groups is 1. The second-order valence-corrected chi connectivity index (χ2v) is 7.81. The van der Waals surface area contributed by atoms with Crippen LogP contribution in [0.3, 0.4) is 0 Å². The molecule has 1 aromatic heterocycles. The molecule has 0 atom stereocenters. The van der Waals surface area contributed by atoms with Gasteiger partial charge in [-0.3, -0.25) is 14.9 Å². The van der Waals surface area contributed by atoms with Crippen molar-refractivity contribution in [2.75, 3.05) is 4.90 Å². The number of benzene rings is 2. The largest absolute Gasteiger partial charge is 0.478 e. The summed E-state index contributed by atoms with van der Waals surface area (Å²) in [5.41, 5.74) is 2.54. The van der Waals surface area contributed by atoms with Gasteiger partial charge in [0.15, 0.2) is 5.11 Å². The number of rotatable bonds is 4. The number of carbonyl (C=O) groups excluding carboxylic acids is 2. The van der Waals surface area contributed by atoms with E-state index in [1.54, 1.807) is 31.2 Å². The van der Waals surface area contributed by atoms with E-state index in [1.165, 1.54) is 36.4 Å². The summed E-state index contributed by atoms with van der Waals surface area (Å²) in [6, 6.07) is 13.9. The molecule has 1 aliphatic heterocycles. The first-order valence-corrected chi connectivity index (χ1v) is 10.3. The van der Waals surface area contributed by atoms with Crippen molar-refractivity contribution in [3.05, 3.63) is 88.5 Å². The molecular weight excluding hydrogens is 445 g/mol. The number of halogens is 1. The second-order valence-electron chi connectivity index (χ2n) is 7.43. The van der Waals surface area contributed by atoms with Crippen molar-refractivity contribution in [1.82, 2.24) is 9.88 Å². The van der Waals surface area contributed by atoms with Gasteiger partial charge in [-0.05, 0) is 74.1 Å². The third kappa shape index (κ3) is 3.94. The minimum atomic E-state index is -1.05. The van der Waals surface area contributed by atoms with Crippen LogP contribution in [0.4, 0.5) is 10.1 Å². The van der Waals surface area contributed by atoms with Crippen molar-refractivity contribution in [3.63, 3.8) is 0 Å². The summed E-state index contributed by atoms with van der Waals surface area (Å²) in [6.45, 7) is 3.61. The second kappa shape index (κ2) is 8.44. The predicted octanol–water partition coefficient (Wildman–Crippen LogP) is 3.76. The van der Waals surface area contributed by atoms with Crippen LogP contribution in [-0.4, -0.2) is 32.6 Å². The Labute approximate surface area is 193 Å². The van der Waals surface area contributed by atoms with Crippen LogP contribution < -0.4 is 10.2 Å². The van der Waals surface area contributed by atoms with Crippen LogP contribution in [0.1, 0.15) is 27.3 Å². The molecule has 166 valence electrons. The first-order chi connectivity index (χ1) is 15.7. The molecular formula is C24H18FN3O4S. The number of carboxylic acid groups (broad SMARTS) is 1. The number of nitrogens with one attached hydrogen (secondary N) is 1. The lowest BCUT2D eigenvalue weighted by Crippen LogP contribution is -2.54. The average molecular weight is 463 g/mol. The zero-order valence-electron chi connectivity index (χ0n) is 17.6. The Hall–Kier alpha value is -4.11. The quantitative estimate of drug-likeness (QED) is 0.349. The number of amides is 2. The minimum Gasteiger partial charge on any atom is -0.478 e. The molecule has 4 rings (SSSR count). The van der Waals surface area contributed by atoms with E-state index in [4.69, 9.17) is 12.2 Å². The van der Waals surface area contributed by atoms with E-state index in [9.17, 15) is 23.9 Å². The maximum Gasteiger partial charge on any atom is 0.335 e. The summed E-state index contributed by atoms with van der Waals surface area (Å²) in [6.07, 6.45) is 1.42. The standard InChI is InChI=1S/C24H18FN3O4S/c1-13-10-16(14(2)27(13)17-7-5-6-15(11-17)23(31)32)12-18-21(29)26-24(33)28(22(18)30)20-9-4-3-8-19(20)25/h3-12H,1-2H3,(H,31,32)(H,26,29,33)/b18-12+. The molecule has 33 heavy (non-hydrogen) atoms. The number of aryl methyl sites for hydroxylation is 1. The van der Waals surface area contributed by atoms with Crippen molar-refractivity contribution in [3.8, 4) is 5.69 Å². The molecule has 2 N–H and O–H groups in total. The van der Waals surface area contributed by atoms with Gasteiger partial charge in [0, 0.05) is 17.1 Å². The van der Waals surface area contributed by atoms with E-state index >= 15 is 0 Å². The molecule has 0 radical (unpaired) electrons. The Balaban J connectivity index is 1.78. The van der Waals surface area contributed by atoms with Crippen LogP contribution in [0.2, 0.25) is 0 Å². The maximum absolute atomic E-state index is 14.3. The summed E-state index contributed by atoms with van der Waals surface area (Å²) in [5.74, 6) is -3.13. The van der Waals surface area contributed by atoms with Gasteiger partial charge in [-0.1, -0.05) is 18.2 Å². The number of carboxylic acids is 1. The van der Waals surface area contributed by atoms with Gasteiger partial charge in [-0.25, -0.2) is 14.1 Å². The van der Waals surface area contributed by atoms with E-state index in [-0.39, 0.29) is 21.9 Å². The van der Waals surface area contributed by atoms with Crippen LogP contribution >= 0.6 is 12.2 Å². The first kappa shape index (κ1) is 22.1. The van der Waals surface area contributed by atoms with Crippen LogP contribution in [0.25, 0.3) is 11.8 Å². The number of anilines is 1. The van der Waals surface area contributed by atoms with Crippen molar-refractivity contribution < 1.29 is 23.9 Å². The fourth-order valence-electron chi connectivity index (χ4n) is 3.77. The molecule has 3 aromatic rings. The average Bonchev–Trinajstić information content (AvgIpc) is 3.05. The first-order valence-electron chi connectivity index (χ1n) is 9.87. The molecule has 1 saturated heterocycles. The highest BCUT2D eigenvalue weighted by atomic mass is 32.1. The molecule has 1 aliphatic rings. The number of para-hydroxylation sites is 1. The molecule has 0 unspecified atom stereocenters. The summed E-state index contributed by atoms with van der Waals surface area (Å²) < 4.78 is 16.2. The maximum atomic E-state index is 14.3. The van der Waals surface area contributed by atoms with Gasteiger partial charge >= 0.3 is 5.97 Å². The molecule has 9 heteroatoms. The molecule has 2 amide bonds. The van der Waals surface area contributed by atoms with E-state index in [0.717, 1.165) is 10.6 Å². The van der Waals surface area contributed by atoms with Crippen LogP contribution in [0.15, 0.2) is 60.2 Å². The van der Waals surface area contributed by atoms with E-state index in [0.29, 0.717) is 16.9 Å². The zero-order valence-corrected chi connectivity index (χ0v) is 18.4. The van der Waals surface area contributed by atoms with Gasteiger partial charge in [0.1, 0.15) is 11.4 Å². The molecule has 1 fully saturated rings. The Morgan fingerprint density at radius 2 is 1.82 bits per heavy atom. The lowest BCUT2D eigenvalue weighted by atomic mass is 10.1. The van der Waals surface area contributed by atoms with Gasteiger partial charge in [0.05, 0.1) is 11.3 Å². The van der Waals surface area contributed by atoms with Crippen molar-refractivity contribution in [1.29, 1.82) is 0 Å². The highest BCUT2D eigenvalue weighted by Gasteiger charge is 2.35. The molecule has 0 saturated carbocycles. The number of nitrogens with zero attached hydrogens (tertiary/aromatic N) is 2. The van der Waals surface area contributed by atoms with Gasteiger partial charge in [-0.2, -0.15) is 0 Å². The summed E-state index contributed by atoms with van der Waals surface area (Å²) in [4.78, 5) is 38.1. The minimum absolute atomic E-state index is 0.0608. The Bertz CT molecular complexity index is 1380. The molecule has 7 nitrogen and oxygen atoms in total.